The number of hydrogen-bond donors (Lipinski definition) is 2. The van der Waals surface area contributed by atoms with Crippen molar-refractivity contribution in [3.63, 3.8) is 0 Å². The molecule has 1 aliphatic heterocycles. The largest absolute Gasteiger partial charge is 0.481 e. The van der Waals surface area contributed by atoms with E-state index in [4.69, 9.17) is 9.47 Å². The van der Waals surface area contributed by atoms with Crippen LogP contribution in [0.3, 0.4) is 0 Å². The quantitative estimate of drug-likeness (QED) is 0.745. The van der Waals surface area contributed by atoms with Crippen molar-refractivity contribution < 1.29 is 24.2 Å². The number of benzene rings is 2. The van der Waals surface area contributed by atoms with E-state index < -0.39 is 18.1 Å². The minimum Gasteiger partial charge on any atom is -0.481 e. The van der Waals surface area contributed by atoms with Gasteiger partial charge in [0, 0.05) is 6.61 Å². The Bertz CT molecular complexity index is 795. The lowest BCUT2D eigenvalue weighted by atomic mass is 9.96. The van der Waals surface area contributed by atoms with Gasteiger partial charge in [0.1, 0.15) is 6.10 Å². The Balaban J connectivity index is 1.72. The smallest absolute Gasteiger partial charge is 0.305 e. The Morgan fingerprint density at radius 3 is 2.78 bits per heavy atom. The van der Waals surface area contributed by atoms with Gasteiger partial charge in [0.25, 0.3) is 0 Å². The number of nitrogens with one attached hydrogen (secondary N) is 1. The van der Waals surface area contributed by atoms with Crippen LogP contribution in [0.15, 0.2) is 42.5 Å². The number of aliphatic carboxylic acids is 1. The van der Waals surface area contributed by atoms with Gasteiger partial charge < -0.3 is 19.9 Å². The highest BCUT2D eigenvalue weighted by molar-refractivity contribution is 5.88. The summed E-state index contributed by atoms with van der Waals surface area (Å²) in [4.78, 5) is 24.0. The summed E-state index contributed by atoms with van der Waals surface area (Å²) >= 11 is 0. The fraction of sp³-hybridized carbons (Fsp3) is 0.429. The predicted octanol–water partition coefficient (Wildman–Crippen LogP) is 3.06. The molecule has 6 nitrogen and oxygen atoms in total. The zero-order valence-electron chi connectivity index (χ0n) is 15.4. The lowest BCUT2D eigenvalue weighted by Gasteiger charge is -2.22. The summed E-state index contributed by atoms with van der Waals surface area (Å²) in [5, 5.41) is 14.1. The maximum absolute atomic E-state index is 12.6. The molecule has 0 radical (unpaired) electrons. The maximum atomic E-state index is 12.6. The average molecular weight is 371 g/mol. The second-order valence-electron chi connectivity index (χ2n) is 6.84. The first kappa shape index (κ1) is 19.3. The third-order valence-corrected chi connectivity index (χ3v) is 4.82. The van der Waals surface area contributed by atoms with Crippen LogP contribution in [0.4, 0.5) is 0 Å². The highest BCUT2D eigenvalue weighted by Crippen LogP contribution is 2.26. The van der Waals surface area contributed by atoms with Gasteiger partial charge in [-0.25, -0.2) is 0 Å². The van der Waals surface area contributed by atoms with Crippen LogP contribution in [0, 0.1) is 0 Å². The SMILES string of the molecule is CC(OCC1CCCO1)C(=O)N[C@H](CC(=O)O)c1cccc2ccccc12. The van der Waals surface area contributed by atoms with Crippen molar-refractivity contribution in [3.05, 3.63) is 48.0 Å². The predicted molar refractivity (Wildman–Crippen MR) is 101 cm³/mol. The van der Waals surface area contributed by atoms with E-state index >= 15 is 0 Å². The third kappa shape index (κ3) is 5.05. The molecule has 1 aliphatic rings. The summed E-state index contributed by atoms with van der Waals surface area (Å²) in [6, 6.07) is 12.8. The monoisotopic (exact) mass is 371 g/mol. The van der Waals surface area contributed by atoms with Crippen LogP contribution in [0.5, 0.6) is 0 Å². The van der Waals surface area contributed by atoms with Crippen LogP contribution in [-0.4, -0.2) is 42.4 Å². The second-order valence-corrected chi connectivity index (χ2v) is 6.84. The highest BCUT2D eigenvalue weighted by Gasteiger charge is 2.24. The fourth-order valence-corrected chi connectivity index (χ4v) is 3.36. The first-order valence-electron chi connectivity index (χ1n) is 9.27. The van der Waals surface area contributed by atoms with Gasteiger partial charge in [-0.1, -0.05) is 42.5 Å². The van der Waals surface area contributed by atoms with Crippen molar-refractivity contribution in [2.75, 3.05) is 13.2 Å². The number of carbonyl (C=O) groups is 2. The van der Waals surface area contributed by atoms with Crippen LogP contribution in [0.25, 0.3) is 10.8 Å². The Morgan fingerprint density at radius 1 is 1.26 bits per heavy atom. The number of carboxylic acids is 1. The van der Waals surface area contributed by atoms with Gasteiger partial charge >= 0.3 is 5.97 Å². The Kier molecular flexibility index (Phi) is 6.42. The second kappa shape index (κ2) is 8.97. The summed E-state index contributed by atoms with van der Waals surface area (Å²) in [7, 11) is 0. The molecule has 3 rings (SSSR count). The van der Waals surface area contributed by atoms with E-state index in [1.54, 1.807) is 6.92 Å². The fourth-order valence-electron chi connectivity index (χ4n) is 3.36. The molecule has 1 amide bonds. The normalized spacial score (nSPS) is 18.9. The molecule has 0 aromatic heterocycles. The summed E-state index contributed by atoms with van der Waals surface area (Å²) in [6.45, 7) is 2.77. The maximum Gasteiger partial charge on any atom is 0.305 e. The van der Waals surface area contributed by atoms with E-state index in [1.807, 2.05) is 42.5 Å². The molecule has 2 aromatic rings. The topological polar surface area (TPSA) is 84.9 Å². The molecule has 27 heavy (non-hydrogen) atoms. The molecule has 1 saturated heterocycles. The molecule has 144 valence electrons. The van der Waals surface area contributed by atoms with E-state index in [9.17, 15) is 14.7 Å². The highest BCUT2D eigenvalue weighted by atomic mass is 16.5. The van der Waals surface area contributed by atoms with E-state index in [0.717, 1.165) is 35.8 Å². The molecule has 0 spiro atoms. The van der Waals surface area contributed by atoms with Gasteiger partial charge in [0.05, 0.1) is 25.2 Å². The lowest BCUT2D eigenvalue weighted by Crippen LogP contribution is -2.39. The minimum absolute atomic E-state index is 0.0353. The van der Waals surface area contributed by atoms with E-state index in [-0.39, 0.29) is 18.4 Å². The van der Waals surface area contributed by atoms with Gasteiger partial charge in [-0.3, -0.25) is 9.59 Å². The molecule has 3 atom stereocenters. The number of ether oxygens (including phenoxy) is 2. The zero-order chi connectivity index (χ0) is 19.2. The summed E-state index contributed by atoms with van der Waals surface area (Å²) in [6.07, 6.45) is 1.11. The molecule has 0 saturated carbocycles. The van der Waals surface area contributed by atoms with Crippen molar-refractivity contribution in [3.8, 4) is 0 Å². The summed E-state index contributed by atoms with van der Waals surface area (Å²) < 4.78 is 11.1. The minimum atomic E-state index is -0.971. The van der Waals surface area contributed by atoms with Crippen LogP contribution in [-0.2, 0) is 19.1 Å². The molecular weight excluding hydrogens is 346 g/mol. The number of amides is 1. The first-order chi connectivity index (χ1) is 13.0. The standard InChI is InChI=1S/C21H25NO5/c1-14(27-13-16-8-5-11-26-16)21(25)22-19(12-20(23)24)18-10-4-7-15-6-2-3-9-17(15)18/h2-4,6-7,9-10,14,16,19H,5,8,11-13H2,1H3,(H,22,25)(H,23,24)/t14?,16?,19-/m1/s1. The van der Waals surface area contributed by atoms with Crippen LogP contribution in [0.2, 0.25) is 0 Å². The van der Waals surface area contributed by atoms with Gasteiger partial charge in [0.2, 0.25) is 5.91 Å². The van der Waals surface area contributed by atoms with Crippen molar-refractivity contribution in [2.45, 2.75) is 44.4 Å². The van der Waals surface area contributed by atoms with Crippen LogP contribution < -0.4 is 5.32 Å². The molecule has 1 fully saturated rings. The molecule has 2 unspecified atom stereocenters. The van der Waals surface area contributed by atoms with Gasteiger partial charge in [-0.2, -0.15) is 0 Å². The third-order valence-electron chi connectivity index (χ3n) is 4.82. The molecule has 1 heterocycles. The van der Waals surface area contributed by atoms with E-state index in [0.29, 0.717) is 6.61 Å². The van der Waals surface area contributed by atoms with E-state index in [1.165, 1.54) is 0 Å². The van der Waals surface area contributed by atoms with Crippen molar-refractivity contribution in [2.24, 2.45) is 0 Å². The number of rotatable bonds is 8. The summed E-state index contributed by atoms with van der Waals surface area (Å²) in [5.74, 6) is -1.30. The van der Waals surface area contributed by atoms with Crippen molar-refractivity contribution in [1.82, 2.24) is 5.32 Å². The van der Waals surface area contributed by atoms with Crippen LogP contribution >= 0.6 is 0 Å². The molecule has 2 N–H and O–H groups in total. The number of carboxylic acid groups (broad SMARTS) is 1. The Labute approximate surface area is 158 Å². The number of fused-ring (bicyclic) bond motifs is 1. The molecule has 0 bridgehead atoms. The van der Waals surface area contributed by atoms with Gasteiger partial charge in [0.15, 0.2) is 0 Å². The first-order valence-corrected chi connectivity index (χ1v) is 9.27. The van der Waals surface area contributed by atoms with Gasteiger partial charge in [-0.15, -0.1) is 0 Å². The van der Waals surface area contributed by atoms with Crippen molar-refractivity contribution >= 4 is 22.6 Å². The van der Waals surface area contributed by atoms with Crippen LogP contribution in [0.1, 0.15) is 37.8 Å². The van der Waals surface area contributed by atoms with E-state index in [2.05, 4.69) is 5.32 Å². The summed E-state index contributed by atoms with van der Waals surface area (Å²) in [5.41, 5.74) is 0.787. The van der Waals surface area contributed by atoms with Crippen molar-refractivity contribution in [1.29, 1.82) is 0 Å². The molecule has 2 aromatic carbocycles. The average Bonchev–Trinajstić information content (AvgIpc) is 3.18. The lowest BCUT2D eigenvalue weighted by molar-refractivity contribution is -0.138. The molecular formula is C21H25NO5. The number of carbonyl (C=O) groups excluding carboxylic acids is 1. The Hall–Kier alpha value is -2.44. The Morgan fingerprint density at radius 2 is 2.04 bits per heavy atom. The number of hydrogen-bond acceptors (Lipinski definition) is 4. The molecule has 0 aliphatic carbocycles. The zero-order valence-corrected chi connectivity index (χ0v) is 15.4. The van der Waals surface area contributed by atoms with Gasteiger partial charge in [-0.05, 0) is 36.1 Å². The molecule has 6 heteroatoms.